The zero-order chi connectivity index (χ0) is 7.28. The summed E-state index contributed by atoms with van der Waals surface area (Å²) in [5, 5.41) is 0. The minimum Gasteiger partial charge on any atom is -0.345 e. The van der Waals surface area contributed by atoms with Crippen LogP contribution in [0.1, 0.15) is 0 Å². The largest absolute Gasteiger partial charge is 0.345 e. The van der Waals surface area contributed by atoms with Crippen LogP contribution in [0.15, 0.2) is 12.2 Å². The van der Waals surface area contributed by atoms with Crippen molar-refractivity contribution in [3.63, 3.8) is 0 Å². The zero-order valence-corrected chi connectivity index (χ0v) is 5.50. The van der Waals surface area contributed by atoms with Crippen LogP contribution >= 0.6 is 0 Å². The van der Waals surface area contributed by atoms with E-state index in [0.717, 1.165) is 0 Å². The highest BCUT2D eigenvalue weighted by molar-refractivity contribution is 5.90. The van der Waals surface area contributed by atoms with Crippen molar-refractivity contribution >= 4 is 12.2 Å². The summed E-state index contributed by atoms with van der Waals surface area (Å²) in [5.41, 5.74) is 0. The van der Waals surface area contributed by atoms with Crippen LogP contribution < -0.4 is 0 Å². The maximum atomic E-state index is 10.6. The Hall–Kier alpha value is -1.12. The molecule has 0 N–H and O–H groups in total. The van der Waals surface area contributed by atoms with Crippen LogP contribution in [0.2, 0.25) is 0 Å². The number of carbonyl (C=O) groups excluding carboxylic acids is 2. The van der Waals surface area contributed by atoms with Gasteiger partial charge in [-0.3, -0.25) is 9.59 Å². The highest BCUT2D eigenvalue weighted by Gasteiger charge is 1.93. The minimum atomic E-state index is -0.179. The van der Waals surface area contributed by atoms with Gasteiger partial charge in [0.15, 0.2) is 0 Å². The molecule has 0 fully saturated rings. The van der Waals surface area contributed by atoms with E-state index in [1.807, 2.05) is 0 Å². The van der Waals surface area contributed by atoms with Crippen molar-refractivity contribution in [3.05, 3.63) is 12.2 Å². The SMILES string of the molecule is CN(C)C(=O)C=CC=O. The number of nitrogens with zero attached hydrogens (tertiary/aromatic N) is 1. The predicted molar refractivity (Wildman–Crippen MR) is 33.9 cm³/mol. The van der Waals surface area contributed by atoms with Crippen LogP contribution in [0, 0.1) is 0 Å². The topological polar surface area (TPSA) is 37.4 Å². The summed E-state index contributed by atoms with van der Waals surface area (Å²) in [7, 11) is 3.24. The average molecular weight is 127 g/mol. The molecule has 9 heavy (non-hydrogen) atoms. The van der Waals surface area contributed by atoms with Crippen LogP contribution in [-0.2, 0) is 9.59 Å². The summed E-state index contributed by atoms with van der Waals surface area (Å²) in [6.45, 7) is 0. The summed E-state index contributed by atoms with van der Waals surface area (Å²) in [6.07, 6.45) is 2.96. The molecule has 3 nitrogen and oxygen atoms in total. The molecule has 3 heteroatoms. The zero-order valence-electron chi connectivity index (χ0n) is 5.50. The van der Waals surface area contributed by atoms with Gasteiger partial charge >= 0.3 is 0 Å². The standard InChI is InChI=1S/C6H9NO2/c1-7(2)6(9)4-3-5-8/h3-5H,1-2H3. The lowest BCUT2D eigenvalue weighted by Crippen LogP contribution is -2.18. The first-order valence-electron chi connectivity index (χ1n) is 2.51. The maximum Gasteiger partial charge on any atom is 0.246 e. The van der Waals surface area contributed by atoms with Gasteiger partial charge in [0.05, 0.1) is 0 Å². The predicted octanol–water partition coefficient (Wildman–Crippen LogP) is -0.170. The maximum absolute atomic E-state index is 10.6. The van der Waals surface area contributed by atoms with Gasteiger partial charge in [0.25, 0.3) is 0 Å². The fourth-order valence-electron chi connectivity index (χ4n) is 0.271. The van der Waals surface area contributed by atoms with E-state index in [9.17, 15) is 9.59 Å². The van der Waals surface area contributed by atoms with Crippen LogP contribution in [-0.4, -0.2) is 31.2 Å². The molecule has 0 aromatic rings. The van der Waals surface area contributed by atoms with Crippen LogP contribution in [0.3, 0.4) is 0 Å². The number of allylic oxidation sites excluding steroid dienone is 1. The Balaban J connectivity index is 3.76. The van der Waals surface area contributed by atoms with E-state index in [2.05, 4.69) is 0 Å². The third-order valence-corrected chi connectivity index (χ3v) is 0.758. The molecular weight excluding hydrogens is 118 g/mol. The van der Waals surface area contributed by atoms with Crippen LogP contribution in [0.4, 0.5) is 0 Å². The fraction of sp³-hybridized carbons (Fsp3) is 0.333. The van der Waals surface area contributed by atoms with Gasteiger partial charge in [0.1, 0.15) is 6.29 Å². The summed E-state index contributed by atoms with van der Waals surface area (Å²) in [4.78, 5) is 21.6. The van der Waals surface area contributed by atoms with Gasteiger partial charge in [0, 0.05) is 20.2 Å². The Morgan fingerprint density at radius 3 is 2.33 bits per heavy atom. The second-order valence-corrected chi connectivity index (χ2v) is 1.73. The quantitative estimate of drug-likeness (QED) is 0.381. The van der Waals surface area contributed by atoms with E-state index >= 15 is 0 Å². The van der Waals surface area contributed by atoms with Crippen LogP contribution in [0.25, 0.3) is 0 Å². The first kappa shape index (κ1) is 7.88. The molecule has 0 unspecified atom stereocenters. The lowest BCUT2D eigenvalue weighted by molar-refractivity contribution is -0.123. The van der Waals surface area contributed by atoms with E-state index < -0.39 is 0 Å². The third-order valence-electron chi connectivity index (χ3n) is 0.758. The molecular formula is C6H9NO2. The van der Waals surface area contributed by atoms with Gasteiger partial charge in [-0.15, -0.1) is 0 Å². The van der Waals surface area contributed by atoms with Crippen molar-refractivity contribution in [3.8, 4) is 0 Å². The Morgan fingerprint density at radius 2 is 2.00 bits per heavy atom. The molecule has 1 amide bonds. The van der Waals surface area contributed by atoms with E-state index in [1.165, 1.54) is 17.1 Å². The Morgan fingerprint density at radius 1 is 1.44 bits per heavy atom. The molecule has 0 spiro atoms. The number of aldehydes is 1. The van der Waals surface area contributed by atoms with E-state index in [-0.39, 0.29) is 5.91 Å². The molecule has 0 aromatic carbocycles. The molecule has 0 heterocycles. The summed E-state index contributed by atoms with van der Waals surface area (Å²) < 4.78 is 0. The first-order valence-corrected chi connectivity index (χ1v) is 2.51. The second kappa shape index (κ2) is 3.83. The van der Waals surface area contributed by atoms with Gasteiger partial charge in [-0.2, -0.15) is 0 Å². The molecule has 0 rings (SSSR count). The van der Waals surface area contributed by atoms with E-state index in [0.29, 0.717) is 6.29 Å². The third kappa shape index (κ3) is 3.46. The highest BCUT2D eigenvalue weighted by Crippen LogP contribution is 1.78. The molecule has 50 valence electrons. The fourth-order valence-corrected chi connectivity index (χ4v) is 0.271. The van der Waals surface area contributed by atoms with Gasteiger partial charge in [-0.25, -0.2) is 0 Å². The van der Waals surface area contributed by atoms with Crippen molar-refractivity contribution < 1.29 is 9.59 Å². The summed E-state index contributed by atoms with van der Waals surface area (Å²) in [6, 6.07) is 0. The molecule has 0 aromatic heterocycles. The monoisotopic (exact) mass is 127 g/mol. The molecule has 0 radical (unpaired) electrons. The Kier molecular flexibility index (Phi) is 3.35. The number of hydrogen-bond donors (Lipinski definition) is 0. The molecule has 0 aliphatic carbocycles. The van der Waals surface area contributed by atoms with Crippen molar-refractivity contribution in [2.24, 2.45) is 0 Å². The van der Waals surface area contributed by atoms with Crippen molar-refractivity contribution in [1.29, 1.82) is 0 Å². The number of likely N-dealkylation sites (N-methyl/N-ethyl adjacent to an activating group) is 1. The molecule has 0 aliphatic rings. The Labute approximate surface area is 54.0 Å². The van der Waals surface area contributed by atoms with E-state index in [1.54, 1.807) is 14.1 Å². The highest BCUT2D eigenvalue weighted by atomic mass is 16.2. The van der Waals surface area contributed by atoms with E-state index in [4.69, 9.17) is 0 Å². The number of rotatable bonds is 2. The molecule has 0 atom stereocenters. The molecule has 0 bridgehead atoms. The minimum absolute atomic E-state index is 0.179. The van der Waals surface area contributed by atoms with Crippen molar-refractivity contribution in [2.75, 3.05) is 14.1 Å². The van der Waals surface area contributed by atoms with Crippen LogP contribution in [0.5, 0.6) is 0 Å². The number of carbonyl (C=O) groups is 2. The molecule has 0 saturated heterocycles. The molecule has 0 aliphatic heterocycles. The van der Waals surface area contributed by atoms with Crippen molar-refractivity contribution in [2.45, 2.75) is 0 Å². The Bertz CT molecular complexity index is 138. The number of amides is 1. The lowest BCUT2D eigenvalue weighted by atomic mass is 10.5. The smallest absolute Gasteiger partial charge is 0.246 e. The average Bonchev–Trinajstić information content (AvgIpc) is 1.82. The van der Waals surface area contributed by atoms with Crippen molar-refractivity contribution in [1.82, 2.24) is 4.90 Å². The summed E-state index contributed by atoms with van der Waals surface area (Å²) in [5.74, 6) is -0.179. The second-order valence-electron chi connectivity index (χ2n) is 1.73. The lowest BCUT2D eigenvalue weighted by Gasteiger charge is -2.03. The van der Waals surface area contributed by atoms with Gasteiger partial charge in [-0.05, 0) is 6.08 Å². The molecule has 0 saturated carbocycles. The van der Waals surface area contributed by atoms with Gasteiger partial charge < -0.3 is 4.90 Å². The van der Waals surface area contributed by atoms with Gasteiger partial charge in [0.2, 0.25) is 5.91 Å². The number of hydrogen-bond acceptors (Lipinski definition) is 2. The summed E-state index contributed by atoms with van der Waals surface area (Å²) >= 11 is 0. The normalized spacial score (nSPS) is 9.56. The first-order chi connectivity index (χ1) is 4.18. The van der Waals surface area contributed by atoms with Gasteiger partial charge in [-0.1, -0.05) is 0 Å².